The van der Waals surface area contributed by atoms with Crippen molar-refractivity contribution in [3.63, 3.8) is 0 Å². The van der Waals surface area contributed by atoms with Crippen molar-refractivity contribution in [2.75, 3.05) is 20.3 Å². The molecule has 6 heteroatoms. The SMILES string of the molecule is COCCN(C(=O)NC(CC(C)C)C(=O)O)C(C)C1CC1. The van der Waals surface area contributed by atoms with E-state index >= 15 is 0 Å². The van der Waals surface area contributed by atoms with Crippen LogP contribution >= 0.6 is 0 Å². The van der Waals surface area contributed by atoms with Crippen LogP contribution in [0.15, 0.2) is 0 Å². The molecule has 1 saturated carbocycles. The Bertz CT molecular complexity index is 356. The topological polar surface area (TPSA) is 78.9 Å². The summed E-state index contributed by atoms with van der Waals surface area (Å²) in [7, 11) is 1.59. The lowest BCUT2D eigenvalue weighted by molar-refractivity contribution is -0.139. The van der Waals surface area contributed by atoms with Crippen molar-refractivity contribution in [3.8, 4) is 0 Å². The monoisotopic (exact) mass is 300 g/mol. The molecule has 2 N–H and O–H groups in total. The number of carboxylic acid groups (broad SMARTS) is 1. The molecule has 0 aliphatic heterocycles. The molecule has 1 aliphatic carbocycles. The van der Waals surface area contributed by atoms with Gasteiger partial charge in [0.2, 0.25) is 0 Å². The molecular weight excluding hydrogens is 272 g/mol. The van der Waals surface area contributed by atoms with Crippen molar-refractivity contribution in [1.82, 2.24) is 10.2 Å². The fraction of sp³-hybridized carbons (Fsp3) is 0.867. The molecule has 1 fully saturated rings. The largest absolute Gasteiger partial charge is 0.480 e. The lowest BCUT2D eigenvalue weighted by atomic mass is 10.0. The van der Waals surface area contributed by atoms with Crippen molar-refractivity contribution in [2.24, 2.45) is 11.8 Å². The van der Waals surface area contributed by atoms with Crippen LogP contribution in [0, 0.1) is 11.8 Å². The van der Waals surface area contributed by atoms with Crippen molar-refractivity contribution in [3.05, 3.63) is 0 Å². The number of urea groups is 1. The third-order valence-corrected chi connectivity index (χ3v) is 3.90. The van der Waals surface area contributed by atoms with E-state index in [0.717, 1.165) is 12.8 Å². The van der Waals surface area contributed by atoms with Gasteiger partial charge < -0.3 is 20.1 Å². The minimum absolute atomic E-state index is 0.119. The molecule has 0 saturated heterocycles. The van der Waals surface area contributed by atoms with Crippen LogP contribution in [0.3, 0.4) is 0 Å². The zero-order valence-electron chi connectivity index (χ0n) is 13.5. The van der Waals surface area contributed by atoms with Gasteiger partial charge in [-0.25, -0.2) is 9.59 Å². The molecule has 6 nitrogen and oxygen atoms in total. The van der Waals surface area contributed by atoms with E-state index in [1.807, 2.05) is 20.8 Å². The number of carbonyl (C=O) groups excluding carboxylic acids is 1. The highest BCUT2D eigenvalue weighted by atomic mass is 16.5. The van der Waals surface area contributed by atoms with Gasteiger partial charge in [0, 0.05) is 19.7 Å². The molecule has 1 rings (SSSR count). The lowest BCUT2D eigenvalue weighted by Crippen LogP contribution is -2.52. The number of nitrogens with zero attached hydrogens (tertiary/aromatic N) is 1. The van der Waals surface area contributed by atoms with Gasteiger partial charge in [0.05, 0.1) is 6.61 Å². The lowest BCUT2D eigenvalue weighted by Gasteiger charge is -2.31. The number of nitrogens with one attached hydrogen (secondary N) is 1. The van der Waals surface area contributed by atoms with Gasteiger partial charge in [0.1, 0.15) is 6.04 Å². The Morgan fingerprint density at radius 3 is 2.38 bits per heavy atom. The molecular formula is C15H28N2O4. The van der Waals surface area contributed by atoms with E-state index in [-0.39, 0.29) is 18.0 Å². The first-order chi connectivity index (χ1) is 9.86. The number of hydrogen-bond acceptors (Lipinski definition) is 3. The first-order valence-corrected chi connectivity index (χ1v) is 7.65. The molecule has 2 atom stereocenters. The Hall–Kier alpha value is -1.30. The van der Waals surface area contributed by atoms with Crippen molar-refractivity contribution < 1.29 is 19.4 Å². The number of methoxy groups -OCH3 is 1. The van der Waals surface area contributed by atoms with Crippen LogP contribution in [-0.4, -0.2) is 54.4 Å². The van der Waals surface area contributed by atoms with E-state index < -0.39 is 12.0 Å². The maximum absolute atomic E-state index is 12.4. The molecule has 0 spiro atoms. The van der Waals surface area contributed by atoms with Crippen LogP contribution < -0.4 is 5.32 Å². The van der Waals surface area contributed by atoms with Crippen LogP contribution in [0.4, 0.5) is 4.79 Å². The van der Waals surface area contributed by atoms with Crippen LogP contribution in [0.1, 0.15) is 40.0 Å². The first-order valence-electron chi connectivity index (χ1n) is 7.65. The second-order valence-electron chi connectivity index (χ2n) is 6.23. The molecule has 1 aliphatic rings. The summed E-state index contributed by atoms with van der Waals surface area (Å²) in [6, 6.07) is -1.03. The fourth-order valence-corrected chi connectivity index (χ4v) is 2.44. The summed E-state index contributed by atoms with van der Waals surface area (Å²) in [5.74, 6) is -0.247. The highest BCUT2D eigenvalue weighted by Gasteiger charge is 2.35. The van der Waals surface area contributed by atoms with Crippen LogP contribution in [0.2, 0.25) is 0 Å². The third-order valence-electron chi connectivity index (χ3n) is 3.90. The Kier molecular flexibility index (Phi) is 6.95. The minimum Gasteiger partial charge on any atom is -0.480 e. The summed E-state index contributed by atoms with van der Waals surface area (Å²) in [5, 5.41) is 11.9. The number of carboxylic acids is 1. The average molecular weight is 300 g/mol. The maximum atomic E-state index is 12.4. The van der Waals surface area contributed by atoms with Crippen molar-refractivity contribution >= 4 is 12.0 Å². The molecule has 0 heterocycles. The Morgan fingerprint density at radius 1 is 1.33 bits per heavy atom. The van der Waals surface area contributed by atoms with Crippen LogP contribution in [0.5, 0.6) is 0 Å². The minimum atomic E-state index is -0.984. The number of carbonyl (C=O) groups is 2. The summed E-state index contributed by atoms with van der Waals surface area (Å²) in [5.41, 5.74) is 0. The fourth-order valence-electron chi connectivity index (χ4n) is 2.44. The maximum Gasteiger partial charge on any atom is 0.326 e. The smallest absolute Gasteiger partial charge is 0.326 e. The van der Waals surface area contributed by atoms with E-state index in [1.165, 1.54) is 0 Å². The molecule has 21 heavy (non-hydrogen) atoms. The second-order valence-corrected chi connectivity index (χ2v) is 6.23. The molecule has 0 bridgehead atoms. The van der Waals surface area contributed by atoms with Crippen molar-refractivity contribution in [2.45, 2.75) is 52.1 Å². The van der Waals surface area contributed by atoms with Gasteiger partial charge in [-0.3, -0.25) is 0 Å². The zero-order valence-corrected chi connectivity index (χ0v) is 13.5. The van der Waals surface area contributed by atoms with Gasteiger partial charge in [-0.2, -0.15) is 0 Å². The molecule has 0 aromatic heterocycles. The van der Waals surface area contributed by atoms with Gasteiger partial charge in [-0.15, -0.1) is 0 Å². The highest BCUT2D eigenvalue weighted by Crippen LogP contribution is 2.35. The summed E-state index contributed by atoms with van der Waals surface area (Å²) in [4.78, 5) is 25.4. The van der Waals surface area contributed by atoms with Gasteiger partial charge in [0.15, 0.2) is 0 Å². The molecule has 2 amide bonds. The van der Waals surface area contributed by atoms with E-state index in [9.17, 15) is 14.7 Å². The number of amides is 2. The summed E-state index contributed by atoms with van der Waals surface area (Å²) >= 11 is 0. The Labute approximate surface area is 126 Å². The average Bonchev–Trinajstić information content (AvgIpc) is 3.21. The summed E-state index contributed by atoms with van der Waals surface area (Å²) < 4.78 is 5.05. The predicted molar refractivity (Wildman–Crippen MR) is 80.2 cm³/mol. The van der Waals surface area contributed by atoms with Crippen molar-refractivity contribution in [1.29, 1.82) is 0 Å². The summed E-state index contributed by atoms with van der Waals surface area (Å²) in [6.45, 7) is 6.83. The molecule has 122 valence electrons. The molecule has 0 radical (unpaired) electrons. The van der Waals surface area contributed by atoms with Gasteiger partial charge in [0.25, 0.3) is 0 Å². The number of ether oxygens (including phenoxy) is 1. The first kappa shape index (κ1) is 17.8. The second kappa shape index (κ2) is 8.22. The summed E-state index contributed by atoms with van der Waals surface area (Å²) in [6.07, 6.45) is 2.69. The van der Waals surface area contributed by atoms with E-state index in [0.29, 0.717) is 25.5 Å². The van der Waals surface area contributed by atoms with Gasteiger partial charge >= 0.3 is 12.0 Å². The Balaban J connectivity index is 2.66. The number of rotatable bonds is 9. The van der Waals surface area contributed by atoms with Crippen LogP contribution in [0.25, 0.3) is 0 Å². The standard InChI is InChI=1S/C15H28N2O4/c1-10(2)9-13(14(18)19)16-15(20)17(7-8-21-4)11(3)12-5-6-12/h10-13H,5-9H2,1-4H3,(H,16,20)(H,18,19). The van der Waals surface area contributed by atoms with Gasteiger partial charge in [-0.05, 0) is 38.0 Å². The Morgan fingerprint density at radius 2 is 1.95 bits per heavy atom. The van der Waals surface area contributed by atoms with E-state index in [4.69, 9.17) is 4.74 Å². The van der Waals surface area contributed by atoms with E-state index in [1.54, 1.807) is 12.0 Å². The van der Waals surface area contributed by atoms with Crippen LogP contribution in [-0.2, 0) is 9.53 Å². The normalized spacial score (nSPS) is 17.4. The number of aliphatic carboxylic acids is 1. The number of hydrogen-bond donors (Lipinski definition) is 2. The van der Waals surface area contributed by atoms with Gasteiger partial charge in [-0.1, -0.05) is 13.8 Å². The third kappa shape index (κ3) is 5.91. The molecule has 2 unspecified atom stereocenters. The predicted octanol–water partition coefficient (Wildman–Crippen LogP) is 1.94. The van der Waals surface area contributed by atoms with E-state index in [2.05, 4.69) is 5.32 Å². The quantitative estimate of drug-likeness (QED) is 0.682. The molecule has 0 aromatic rings. The molecule has 0 aromatic carbocycles. The zero-order chi connectivity index (χ0) is 16.0. The highest BCUT2D eigenvalue weighted by molar-refractivity contribution is 5.82.